The van der Waals surface area contributed by atoms with E-state index in [-0.39, 0.29) is 5.91 Å². The minimum atomic E-state index is -0.0403. The highest BCUT2D eigenvalue weighted by Gasteiger charge is 2.02. The number of amides is 1. The van der Waals surface area contributed by atoms with Gasteiger partial charge in [-0.15, -0.1) is 6.58 Å². The van der Waals surface area contributed by atoms with Crippen LogP contribution in [0.4, 0.5) is 5.69 Å². The Morgan fingerprint density at radius 1 is 1.56 bits per heavy atom. The molecule has 1 amide bonds. The van der Waals surface area contributed by atoms with Crippen LogP contribution >= 0.6 is 22.6 Å². The van der Waals surface area contributed by atoms with Crippen LogP contribution in [0.5, 0.6) is 0 Å². The SMILES string of the molecule is C=CCNCC(=O)Nc1ccc(C)c(I)c1. The number of rotatable bonds is 5. The number of aryl methyl sites for hydroxylation is 1. The van der Waals surface area contributed by atoms with Gasteiger partial charge in [0.2, 0.25) is 5.91 Å². The van der Waals surface area contributed by atoms with Crippen LogP contribution in [0.1, 0.15) is 5.56 Å². The van der Waals surface area contributed by atoms with Crippen LogP contribution in [0.3, 0.4) is 0 Å². The Bertz CT molecular complexity index is 391. The second-order valence-corrected chi connectivity index (χ2v) is 4.59. The molecule has 4 heteroatoms. The average molecular weight is 330 g/mol. The van der Waals surface area contributed by atoms with Crippen LogP contribution in [-0.4, -0.2) is 19.0 Å². The summed E-state index contributed by atoms with van der Waals surface area (Å²) in [5.41, 5.74) is 2.05. The first-order valence-electron chi connectivity index (χ1n) is 5.01. The van der Waals surface area contributed by atoms with Crippen molar-refractivity contribution in [2.75, 3.05) is 18.4 Å². The Hall–Kier alpha value is -0.880. The molecule has 0 bridgehead atoms. The summed E-state index contributed by atoms with van der Waals surface area (Å²) in [6.45, 7) is 6.55. The first-order chi connectivity index (χ1) is 7.63. The maximum atomic E-state index is 11.5. The number of anilines is 1. The number of carbonyl (C=O) groups excluding carboxylic acids is 1. The standard InChI is InChI=1S/C12H15IN2O/c1-3-6-14-8-12(16)15-10-5-4-9(2)11(13)7-10/h3-5,7,14H,1,6,8H2,2H3,(H,15,16). The molecule has 0 aliphatic carbocycles. The van der Waals surface area contributed by atoms with Gasteiger partial charge >= 0.3 is 0 Å². The molecule has 0 radical (unpaired) electrons. The van der Waals surface area contributed by atoms with Crippen molar-refractivity contribution in [3.8, 4) is 0 Å². The van der Waals surface area contributed by atoms with Gasteiger partial charge < -0.3 is 10.6 Å². The molecule has 2 N–H and O–H groups in total. The second kappa shape index (κ2) is 6.65. The number of nitrogens with one attached hydrogen (secondary N) is 2. The van der Waals surface area contributed by atoms with Crippen molar-refractivity contribution >= 4 is 34.2 Å². The van der Waals surface area contributed by atoms with Gasteiger partial charge in [0.05, 0.1) is 6.54 Å². The lowest BCUT2D eigenvalue weighted by molar-refractivity contribution is -0.115. The van der Waals surface area contributed by atoms with Gasteiger partial charge in [-0.05, 0) is 47.2 Å². The fraction of sp³-hybridized carbons (Fsp3) is 0.250. The highest BCUT2D eigenvalue weighted by molar-refractivity contribution is 14.1. The lowest BCUT2D eigenvalue weighted by Crippen LogP contribution is -2.28. The molecule has 0 atom stereocenters. The molecule has 0 aromatic heterocycles. The molecule has 0 fully saturated rings. The van der Waals surface area contributed by atoms with Crippen LogP contribution < -0.4 is 10.6 Å². The van der Waals surface area contributed by atoms with Crippen LogP contribution in [-0.2, 0) is 4.79 Å². The van der Waals surface area contributed by atoms with Crippen molar-refractivity contribution < 1.29 is 4.79 Å². The molecule has 1 rings (SSSR count). The topological polar surface area (TPSA) is 41.1 Å². The number of carbonyl (C=O) groups is 1. The summed E-state index contributed by atoms with van der Waals surface area (Å²) in [7, 11) is 0. The van der Waals surface area contributed by atoms with Gasteiger partial charge in [-0.1, -0.05) is 12.1 Å². The molecular weight excluding hydrogens is 315 g/mol. The summed E-state index contributed by atoms with van der Waals surface area (Å²) >= 11 is 2.25. The van der Waals surface area contributed by atoms with Crippen molar-refractivity contribution in [2.24, 2.45) is 0 Å². The quantitative estimate of drug-likeness (QED) is 0.494. The van der Waals surface area contributed by atoms with E-state index in [9.17, 15) is 4.79 Å². The largest absolute Gasteiger partial charge is 0.325 e. The smallest absolute Gasteiger partial charge is 0.238 e. The Morgan fingerprint density at radius 2 is 2.31 bits per heavy atom. The molecule has 1 aromatic carbocycles. The predicted molar refractivity (Wildman–Crippen MR) is 75.6 cm³/mol. The number of hydrogen-bond acceptors (Lipinski definition) is 2. The first kappa shape index (κ1) is 13.2. The molecule has 86 valence electrons. The van der Waals surface area contributed by atoms with Gasteiger partial charge in [0.15, 0.2) is 0 Å². The highest BCUT2D eigenvalue weighted by atomic mass is 127. The van der Waals surface area contributed by atoms with Crippen molar-refractivity contribution in [3.05, 3.63) is 40.0 Å². The Kier molecular flexibility index (Phi) is 5.48. The molecule has 0 unspecified atom stereocenters. The van der Waals surface area contributed by atoms with E-state index in [1.807, 2.05) is 25.1 Å². The van der Waals surface area contributed by atoms with Gasteiger partial charge in [0, 0.05) is 15.8 Å². The number of halogens is 1. The monoisotopic (exact) mass is 330 g/mol. The summed E-state index contributed by atoms with van der Waals surface area (Å²) in [5.74, 6) is -0.0403. The summed E-state index contributed by atoms with van der Waals surface area (Å²) in [6, 6.07) is 5.86. The third-order valence-electron chi connectivity index (χ3n) is 2.03. The normalized spacial score (nSPS) is 9.88. The minimum absolute atomic E-state index is 0.0403. The zero-order valence-corrected chi connectivity index (χ0v) is 11.4. The summed E-state index contributed by atoms with van der Waals surface area (Å²) in [5, 5.41) is 5.78. The van der Waals surface area contributed by atoms with E-state index in [4.69, 9.17) is 0 Å². The summed E-state index contributed by atoms with van der Waals surface area (Å²) < 4.78 is 1.15. The zero-order chi connectivity index (χ0) is 12.0. The Morgan fingerprint density at radius 3 is 2.94 bits per heavy atom. The van der Waals surface area contributed by atoms with E-state index in [2.05, 4.69) is 39.8 Å². The molecule has 1 aromatic rings. The second-order valence-electron chi connectivity index (χ2n) is 3.43. The van der Waals surface area contributed by atoms with Gasteiger partial charge in [-0.3, -0.25) is 4.79 Å². The van der Waals surface area contributed by atoms with E-state index in [1.54, 1.807) is 6.08 Å². The van der Waals surface area contributed by atoms with Crippen molar-refractivity contribution in [1.82, 2.24) is 5.32 Å². The molecule has 0 aliphatic rings. The van der Waals surface area contributed by atoms with Crippen molar-refractivity contribution in [3.63, 3.8) is 0 Å². The van der Waals surface area contributed by atoms with Crippen LogP contribution in [0, 0.1) is 10.5 Å². The van der Waals surface area contributed by atoms with E-state index < -0.39 is 0 Å². The van der Waals surface area contributed by atoms with Crippen LogP contribution in [0.2, 0.25) is 0 Å². The summed E-state index contributed by atoms with van der Waals surface area (Å²) in [4.78, 5) is 11.5. The molecule has 16 heavy (non-hydrogen) atoms. The van der Waals surface area contributed by atoms with E-state index in [0.29, 0.717) is 13.1 Å². The van der Waals surface area contributed by atoms with Crippen molar-refractivity contribution in [2.45, 2.75) is 6.92 Å². The Labute approximate surface area is 109 Å². The van der Waals surface area contributed by atoms with Crippen molar-refractivity contribution in [1.29, 1.82) is 0 Å². The fourth-order valence-corrected chi connectivity index (χ4v) is 1.68. The van der Waals surface area contributed by atoms with Gasteiger partial charge in [0.1, 0.15) is 0 Å². The number of hydrogen-bond donors (Lipinski definition) is 2. The van der Waals surface area contributed by atoms with Crippen LogP contribution in [0.25, 0.3) is 0 Å². The first-order valence-corrected chi connectivity index (χ1v) is 6.09. The maximum Gasteiger partial charge on any atom is 0.238 e. The maximum absolute atomic E-state index is 11.5. The van der Waals surface area contributed by atoms with E-state index in [0.717, 1.165) is 9.26 Å². The molecule has 0 saturated carbocycles. The molecule has 0 saturated heterocycles. The minimum Gasteiger partial charge on any atom is -0.325 e. The zero-order valence-electron chi connectivity index (χ0n) is 9.22. The fourth-order valence-electron chi connectivity index (χ4n) is 1.16. The predicted octanol–water partition coefficient (Wildman–Crippen LogP) is 2.31. The van der Waals surface area contributed by atoms with Gasteiger partial charge in [-0.25, -0.2) is 0 Å². The van der Waals surface area contributed by atoms with Gasteiger partial charge in [0.25, 0.3) is 0 Å². The summed E-state index contributed by atoms with van der Waals surface area (Å²) in [6.07, 6.45) is 1.72. The third kappa shape index (κ3) is 4.32. The van der Waals surface area contributed by atoms with Gasteiger partial charge in [-0.2, -0.15) is 0 Å². The molecule has 0 heterocycles. The number of benzene rings is 1. The highest BCUT2D eigenvalue weighted by Crippen LogP contribution is 2.16. The average Bonchev–Trinajstić information content (AvgIpc) is 2.24. The van der Waals surface area contributed by atoms with Crippen LogP contribution in [0.15, 0.2) is 30.9 Å². The van der Waals surface area contributed by atoms with E-state index in [1.165, 1.54) is 5.56 Å². The Balaban J connectivity index is 2.49. The molecule has 0 spiro atoms. The lowest BCUT2D eigenvalue weighted by atomic mass is 10.2. The molecule has 0 aliphatic heterocycles. The van der Waals surface area contributed by atoms with E-state index >= 15 is 0 Å². The molecular formula is C12H15IN2O. The molecule has 3 nitrogen and oxygen atoms in total. The third-order valence-corrected chi connectivity index (χ3v) is 3.19. The lowest BCUT2D eigenvalue weighted by Gasteiger charge is -2.07.